The summed E-state index contributed by atoms with van der Waals surface area (Å²) in [6, 6.07) is 1.88. The van der Waals surface area contributed by atoms with E-state index in [2.05, 4.69) is 11.8 Å². The first kappa shape index (κ1) is 25.6. The predicted molar refractivity (Wildman–Crippen MR) is 114 cm³/mol. The first-order valence-electron chi connectivity index (χ1n) is 11.4. The first-order valence-corrected chi connectivity index (χ1v) is 11.4. The molecule has 33 heavy (non-hydrogen) atoms. The van der Waals surface area contributed by atoms with E-state index in [9.17, 15) is 18.0 Å². The van der Waals surface area contributed by atoms with E-state index in [0.29, 0.717) is 5.92 Å². The van der Waals surface area contributed by atoms with Gasteiger partial charge in [-0.3, -0.25) is 9.69 Å². The summed E-state index contributed by atoms with van der Waals surface area (Å²) in [4.78, 5) is 26.5. The summed E-state index contributed by atoms with van der Waals surface area (Å²) in [5.74, 6) is 0.433. The Labute approximate surface area is 191 Å². The number of rotatable bonds is 6. The number of alkyl halides is 3. The highest BCUT2D eigenvalue weighted by Crippen LogP contribution is 2.42. The molecule has 1 aromatic rings. The number of aliphatic carboxylic acids is 1. The van der Waals surface area contributed by atoms with Gasteiger partial charge in [0.1, 0.15) is 11.5 Å². The van der Waals surface area contributed by atoms with Crippen LogP contribution in [-0.4, -0.2) is 77.9 Å². The molecule has 4 rings (SSSR count). The Balaban J connectivity index is 0.000000383. The molecule has 3 heterocycles. The maximum Gasteiger partial charge on any atom is 0.490 e. The summed E-state index contributed by atoms with van der Waals surface area (Å²) in [6.07, 6.45) is 0.0610. The van der Waals surface area contributed by atoms with Crippen LogP contribution in [-0.2, 0) is 9.53 Å². The van der Waals surface area contributed by atoms with Crippen molar-refractivity contribution in [3.63, 3.8) is 0 Å². The lowest BCUT2D eigenvalue weighted by Crippen LogP contribution is -2.73. The normalized spacial score (nSPS) is 22.5. The van der Waals surface area contributed by atoms with Gasteiger partial charge in [-0.25, -0.2) is 4.79 Å². The zero-order valence-corrected chi connectivity index (χ0v) is 19.4. The first-order chi connectivity index (χ1) is 15.4. The van der Waals surface area contributed by atoms with Gasteiger partial charge in [-0.05, 0) is 70.9 Å². The Morgan fingerprint density at radius 1 is 1.21 bits per heavy atom. The number of amides is 1. The van der Waals surface area contributed by atoms with Crippen LogP contribution < -0.4 is 0 Å². The van der Waals surface area contributed by atoms with Crippen molar-refractivity contribution < 1.29 is 37.0 Å². The van der Waals surface area contributed by atoms with Gasteiger partial charge in [0.15, 0.2) is 0 Å². The summed E-state index contributed by atoms with van der Waals surface area (Å²) in [7, 11) is 0. The molecule has 7 nitrogen and oxygen atoms in total. The highest BCUT2D eigenvalue weighted by molar-refractivity contribution is 5.96. The fraction of sp³-hybridized carbons (Fsp3) is 0.739. The van der Waals surface area contributed by atoms with Crippen molar-refractivity contribution in [2.75, 3.05) is 39.4 Å². The number of furan rings is 1. The fourth-order valence-electron chi connectivity index (χ4n) is 4.82. The molecule has 1 atom stereocenters. The second-order valence-corrected chi connectivity index (χ2v) is 9.42. The van der Waals surface area contributed by atoms with Crippen LogP contribution >= 0.6 is 0 Å². The minimum absolute atomic E-state index is 0.128. The number of carboxylic acids is 1. The van der Waals surface area contributed by atoms with Crippen molar-refractivity contribution >= 4 is 11.9 Å². The van der Waals surface area contributed by atoms with Gasteiger partial charge in [0.25, 0.3) is 5.91 Å². The Hall–Kier alpha value is -2.07. The molecule has 0 bridgehead atoms. The average Bonchev–Trinajstić information content (AvgIpc) is 3.46. The third kappa shape index (κ3) is 6.29. The van der Waals surface area contributed by atoms with Crippen LogP contribution in [0.1, 0.15) is 54.5 Å². The molecule has 1 saturated carbocycles. The monoisotopic (exact) mass is 474 g/mol. The Morgan fingerprint density at radius 3 is 2.33 bits per heavy atom. The van der Waals surface area contributed by atoms with E-state index in [4.69, 9.17) is 19.1 Å². The summed E-state index contributed by atoms with van der Waals surface area (Å²) in [6.45, 7) is 11.6. The topological polar surface area (TPSA) is 83.2 Å². The lowest BCUT2D eigenvalue weighted by Gasteiger charge is -2.59. The number of carbonyl (C=O) groups is 2. The van der Waals surface area contributed by atoms with Crippen LogP contribution in [0.3, 0.4) is 0 Å². The summed E-state index contributed by atoms with van der Waals surface area (Å²) >= 11 is 0. The van der Waals surface area contributed by atoms with Crippen molar-refractivity contribution in [3.05, 3.63) is 23.2 Å². The zero-order chi connectivity index (χ0) is 24.4. The van der Waals surface area contributed by atoms with Gasteiger partial charge in [-0.1, -0.05) is 0 Å². The third-order valence-electron chi connectivity index (χ3n) is 6.65. The summed E-state index contributed by atoms with van der Waals surface area (Å²) in [5, 5.41) is 7.12. The number of carbonyl (C=O) groups excluding carboxylic acids is 1. The third-order valence-corrected chi connectivity index (χ3v) is 6.65. The smallest absolute Gasteiger partial charge is 0.475 e. The Kier molecular flexibility index (Phi) is 7.78. The molecule has 3 aliphatic rings. The standard InChI is InChI=1S/C21H32N2O3.C2HF3O2/c1-4-25-12-18-7-8-23(11-17-5-6-17)21(10-18)13-22(14-21)20(24)19-9-15(2)26-16(19)3;3-2(4,5)1(6)7/h9,17-18H,4-8,10-14H2,1-3H3;(H,6,7). The van der Waals surface area contributed by atoms with E-state index in [0.717, 1.165) is 62.3 Å². The summed E-state index contributed by atoms with van der Waals surface area (Å²) < 4.78 is 43.0. The van der Waals surface area contributed by atoms with Gasteiger partial charge in [0.05, 0.1) is 11.1 Å². The highest BCUT2D eigenvalue weighted by Gasteiger charge is 2.53. The average molecular weight is 475 g/mol. The van der Waals surface area contributed by atoms with E-state index in [1.165, 1.54) is 25.8 Å². The fourth-order valence-corrected chi connectivity index (χ4v) is 4.82. The van der Waals surface area contributed by atoms with E-state index in [1.54, 1.807) is 0 Å². The maximum absolute atomic E-state index is 12.9. The predicted octanol–water partition coefficient (Wildman–Crippen LogP) is 3.88. The SMILES string of the molecule is CCOCC1CCN(CC2CC2)C2(C1)CN(C(=O)c1cc(C)oc1C)C2.O=C(O)C(F)(F)F. The molecular weight excluding hydrogens is 441 g/mol. The van der Waals surface area contributed by atoms with Gasteiger partial charge in [-0.2, -0.15) is 13.2 Å². The quantitative estimate of drug-likeness (QED) is 0.674. The van der Waals surface area contributed by atoms with Crippen molar-refractivity contribution in [2.45, 2.75) is 58.2 Å². The number of likely N-dealkylation sites (tertiary alicyclic amines) is 2. The lowest BCUT2D eigenvalue weighted by molar-refractivity contribution is -0.192. The van der Waals surface area contributed by atoms with Crippen molar-refractivity contribution in [1.82, 2.24) is 9.80 Å². The molecule has 1 amide bonds. The minimum Gasteiger partial charge on any atom is -0.475 e. The number of piperidine rings is 1. The van der Waals surface area contributed by atoms with Crippen LogP contribution in [0.5, 0.6) is 0 Å². The van der Waals surface area contributed by atoms with Gasteiger partial charge < -0.3 is 19.2 Å². The highest BCUT2D eigenvalue weighted by atomic mass is 19.4. The number of hydrogen-bond donors (Lipinski definition) is 1. The molecule has 1 aromatic heterocycles. The number of ether oxygens (including phenoxy) is 1. The Bertz CT molecular complexity index is 844. The zero-order valence-electron chi connectivity index (χ0n) is 19.4. The van der Waals surface area contributed by atoms with Crippen molar-refractivity contribution in [1.29, 1.82) is 0 Å². The van der Waals surface area contributed by atoms with E-state index in [1.807, 2.05) is 24.8 Å². The van der Waals surface area contributed by atoms with E-state index < -0.39 is 12.1 Å². The molecular formula is C23H33F3N2O5. The maximum atomic E-state index is 12.9. The van der Waals surface area contributed by atoms with Crippen LogP contribution in [0.2, 0.25) is 0 Å². The lowest BCUT2D eigenvalue weighted by atomic mass is 9.74. The van der Waals surface area contributed by atoms with E-state index >= 15 is 0 Å². The van der Waals surface area contributed by atoms with Gasteiger partial charge in [0.2, 0.25) is 0 Å². The molecule has 1 N–H and O–H groups in total. The molecule has 0 radical (unpaired) electrons. The minimum atomic E-state index is -5.08. The molecule has 3 fully saturated rings. The number of aryl methyl sites for hydroxylation is 2. The number of carboxylic acid groups (broad SMARTS) is 1. The van der Waals surface area contributed by atoms with E-state index in [-0.39, 0.29) is 11.4 Å². The van der Waals surface area contributed by atoms with Crippen molar-refractivity contribution in [2.24, 2.45) is 11.8 Å². The molecule has 186 valence electrons. The number of nitrogens with zero attached hydrogens (tertiary/aromatic N) is 2. The van der Waals surface area contributed by atoms with Crippen molar-refractivity contribution in [3.8, 4) is 0 Å². The molecule has 0 aromatic carbocycles. The van der Waals surface area contributed by atoms with Crippen LogP contribution in [0.25, 0.3) is 0 Å². The molecule has 1 spiro atoms. The Morgan fingerprint density at radius 2 is 1.85 bits per heavy atom. The van der Waals surface area contributed by atoms with Crippen LogP contribution in [0.15, 0.2) is 10.5 Å². The number of halogens is 3. The van der Waals surface area contributed by atoms with Gasteiger partial charge >= 0.3 is 12.1 Å². The molecule has 2 aliphatic heterocycles. The van der Waals surface area contributed by atoms with Crippen LogP contribution in [0.4, 0.5) is 13.2 Å². The molecule has 1 aliphatic carbocycles. The number of hydrogen-bond acceptors (Lipinski definition) is 5. The largest absolute Gasteiger partial charge is 0.490 e. The second-order valence-electron chi connectivity index (χ2n) is 9.42. The summed E-state index contributed by atoms with van der Waals surface area (Å²) in [5.41, 5.74) is 0.901. The molecule has 2 saturated heterocycles. The molecule has 1 unspecified atom stereocenters. The van der Waals surface area contributed by atoms with Crippen LogP contribution in [0, 0.1) is 25.7 Å². The molecule has 10 heteroatoms. The van der Waals surface area contributed by atoms with Gasteiger partial charge in [0, 0.05) is 32.8 Å². The van der Waals surface area contributed by atoms with Gasteiger partial charge in [-0.15, -0.1) is 0 Å². The second kappa shape index (κ2) is 10.0.